The van der Waals surface area contributed by atoms with Crippen molar-refractivity contribution in [2.24, 2.45) is 17.8 Å². The van der Waals surface area contributed by atoms with Gasteiger partial charge in [0.15, 0.2) is 0 Å². The van der Waals surface area contributed by atoms with E-state index >= 15 is 0 Å². The number of nitrogens with zero attached hydrogens (tertiary/aromatic N) is 3. The van der Waals surface area contributed by atoms with Crippen LogP contribution in [0.15, 0.2) is 4.42 Å². The van der Waals surface area contributed by atoms with Gasteiger partial charge in [0.05, 0.1) is 12.1 Å². The van der Waals surface area contributed by atoms with Crippen LogP contribution >= 0.6 is 0 Å². The fourth-order valence-electron chi connectivity index (χ4n) is 5.25. The Morgan fingerprint density at radius 1 is 1.19 bits per heavy atom. The highest BCUT2D eigenvalue weighted by molar-refractivity contribution is 5.76. The van der Waals surface area contributed by atoms with Crippen molar-refractivity contribution < 1.29 is 14.3 Å². The molecule has 2 aliphatic carbocycles. The molecular weight excluding hydrogens is 344 g/mol. The van der Waals surface area contributed by atoms with Crippen LogP contribution in [0.4, 0.5) is 6.01 Å². The average Bonchev–Trinajstić information content (AvgIpc) is 3.27. The number of amides is 1. The summed E-state index contributed by atoms with van der Waals surface area (Å²) in [6.45, 7) is 3.49. The Bertz CT molecular complexity index is 643. The van der Waals surface area contributed by atoms with E-state index in [1.54, 1.807) is 6.92 Å². The predicted molar refractivity (Wildman–Crippen MR) is 101 cm³/mol. The Kier molecular flexibility index (Phi) is 5.66. The number of rotatable bonds is 5. The molecule has 3 aliphatic rings. The van der Waals surface area contributed by atoms with E-state index in [2.05, 4.69) is 20.4 Å². The van der Waals surface area contributed by atoms with Crippen LogP contribution in [0, 0.1) is 24.7 Å². The normalized spacial score (nSPS) is 31.7. The molecule has 150 valence electrons. The van der Waals surface area contributed by atoms with E-state index in [-0.39, 0.29) is 11.9 Å². The minimum Gasteiger partial charge on any atom is -0.408 e. The lowest BCUT2D eigenvalue weighted by atomic mass is 9.77. The molecule has 2 saturated carbocycles. The molecule has 4 atom stereocenters. The van der Waals surface area contributed by atoms with Crippen molar-refractivity contribution in [3.05, 3.63) is 5.89 Å². The highest BCUT2D eigenvalue weighted by Gasteiger charge is 2.43. The topological polar surface area (TPSA) is 91.5 Å². The third kappa shape index (κ3) is 4.45. The Labute approximate surface area is 160 Å². The number of carbonyl (C=O) groups excluding carboxylic acids is 1. The summed E-state index contributed by atoms with van der Waals surface area (Å²) in [4.78, 5) is 14.5. The fourth-order valence-corrected chi connectivity index (χ4v) is 5.25. The number of hydrogen-bond acceptors (Lipinski definition) is 6. The van der Waals surface area contributed by atoms with E-state index in [0.29, 0.717) is 36.1 Å². The number of aryl methyl sites for hydroxylation is 1. The van der Waals surface area contributed by atoms with Gasteiger partial charge < -0.3 is 19.7 Å². The molecule has 0 aromatic carbocycles. The smallest absolute Gasteiger partial charge is 0.318 e. The monoisotopic (exact) mass is 376 g/mol. The minimum absolute atomic E-state index is 0.102. The van der Waals surface area contributed by atoms with Crippen molar-refractivity contribution in [2.45, 2.75) is 76.9 Å². The Morgan fingerprint density at radius 2 is 1.93 bits per heavy atom. The molecule has 27 heavy (non-hydrogen) atoms. The van der Waals surface area contributed by atoms with Crippen LogP contribution in [-0.2, 0) is 4.79 Å². The first-order valence-corrected chi connectivity index (χ1v) is 10.6. The zero-order chi connectivity index (χ0) is 18.8. The van der Waals surface area contributed by atoms with Crippen molar-refractivity contribution in [3.8, 4) is 0 Å². The summed E-state index contributed by atoms with van der Waals surface area (Å²) in [6.07, 6.45) is 9.18. The van der Waals surface area contributed by atoms with E-state index in [0.717, 1.165) is 32.4 Å². The maximum Gasteiger partial charge on any atom is 0.318 e. The quantitative estimate of drug-likeness (QED) is 0.820. The van der Waals surface area contributed by atoms with Crippen LogP contribution in [0.25, 0.3) is 0 Å². The fraction of sp³-hybridized carbons (Fsp3) is 0.850. The molecule has 0 radical (unpaired) electrons. The third-order valence-corrected chi connectivity index (χ3v) is 6.78. The van der Waals surface area contributed by atoms with Gasteiger partial charge in [0.25, 0.3) is 0 Å². The molecule has 1 amide bonds. The predicted octanol–water partition coefficient (Wildman–Crippen LogP) is 2.43. The van der Waals surface area contributed by atoms with E-state index < -0.39 is 6.10 Å². The van der Waals surface area contributed by atoms with Gasteiger partial charge in [-0.05, 0) is 37.0 Å². The largest absolute Gasteiger partial charge is 0.408 e. The zero-order valence-corrected chi connectivity index (χ0v) is 16.3. The second kappa shape index (κ2) is 8.17. The molecule has 1 aliphatic heterocycles. The standard InChI is InChI=1S/C20H32N4O3/c1-13-22-23-20(27-13)24-11-15-9-17(18(25)10-16(15)12-24)21-19(26)8-7-14-5-3-2-4-6-14/h14-18,25H,2-12H2,1H3,(H,21,26)/t15-,16+,17-,18-/m0/s1. The minimum atomic E-state index is -0.464. The van der Waals surface area contributed by atoms with Gasteiger partial charge in [0, 0.05) is 26.4 Å². The van der Waals surface area contributed by atoms with Crippen molar-refractivity contribution in [3.63, 3.8) is 0 Å². The summed E-state index contributed by atoms with van der Waals surface area (Å²) < 4.78 is 5.55. The first-order valence-electron chi connectivity index (χ1n) is 10.6. The summed E-state index contributed by atoms with van der Waals surface area (Å²) in [7, 11) is 0. The van der Waals surface area contributed by atoms with E-state index in [1.807, 2.05) is 0 Å². The lowest BCUT2D eigenvalue weighted by Crippen LogP contribution is -2.49. The summed E-state index contributed by atoms with van der Waals surface area (Å²) in [6, 6.07) is 0.443. The number of aliphatic hydroxyl groups is 1. The van der Waals surface area contributed by atoms with Gasteiger partial charge in [-0.1, -0.05) is 37.2 Å². The highest BCUT2D eigenvalue weighted by atomic mass is 16.4. The van der Waals surface area contributed by atoms with Crippen LogP contribution in [0.3, 0.4) is 0 Å². The lowest BCUT2D eigenvalue weighted by Gasteiger charge is -2.35. The molecule has 1 aromatic heterocycles. The van der Waals surface area contributed by atoms with Crippen molar-refractivity contribution in [1.29, 1.82) is 0 Å². The number of aromatic nitrogens is 2. The third-order valence-electron chi connectivity index (χ3n) is 6.78. The van der Waals surface area contributed by atoms with Crippen LogP contribution in [0.1, 0.15) is 63.7 Å². The van der Waals surface area contributed by atoms with Gasteiger partial charge in [-0.2, -0.15) is 0 Å². The second-order valence-electron chi connectivity index (χ2n) is 8.78. The number of nitrogens with one attached hydrogen (secondary N) is 1. The molecule has 7 heteroatoms. The summed E-state index contributed by atoms with van der Waals surface area (Å²) in [5.41, 5.74) is 0. The molecule has 4 rings (SSSR count). The number of hydrogen-bond donors (Lipinski definition) is 2. The van der Waals surface area contributed by atoms with Crippen molar-refractivity contribution in [1.82, 2.24) is 15.5 Å². The van der Waals surface area contributed by atoms with Crippen molar-refractivity contribution >= 4 is 11.9 Å². The molecule has 1 aromatic rings. The van der Waals surface area contributed by atoms with Crippen LogP contribution in [-0.4, -0.2) is 46.4 Å². The van der Waals surface area contributed by atoms with Crippen LogP contribution in [0.2, 0.25) is 0 Å². The Morgan fingerprint density at radius 3 is 2.63 bits per heavy atom. The second-order valence-corrected chi connectivity index (χ2v) is 8.78. The van der Waals surface area contributed by atoms with Crippen LogP contribution in [0.5, 0.6) is 0 Å². The maximum absolute atomic E-state index is 12.4. The van der Waals surface area contributed by atoms with Gasteiger partial charge in [0.1, 0.15) is 0 Å². The molecule has 0 spiro atoms. The van der Waals surface area contributed by atoms with Crippen LogP contribution < -0.4 is 10.2 Å². The van der Waals surface area contributed by atoms with E-state index in [1.165, 1.54) is 32.1 Å². The Hall–Kier alpha value is -1.63. The summed E-state index contributed by atoms with van der Waals surface area (Å²) in [5, 5.41) is 21.7. The van der Waals surface area contributed by atoms with Gasteiger partial charge in [-0.15, -0.1) is 5.10 Å². The van der Waals surface area contributed by atoms with Crippen molar-refractivity contribution in [2.75, 3.05) is 18.0 Å². The molecule has 7 nitrogen and oxygen atoms in total. The number of fused-ring (bicyclic) bond motifs is 1. The molecule has 3 fully saturated rings. The van der Waals surface area contributed by atoms with E-state index in [9.17, 15) is 9.90 Å². The first kappa shape index (κ1) is 18.7. The Balaban J connectivity index is 1.27. The van der Waals surface area contributed by atoms with Gasteiger partial charge in [-0.3, -0.25) is 4.79 Å². The molecule has 0 bridgehead atoms. The lowest BCUT2D eigenvalue weighted by molar-refractivity contribution is -0.123. The molecule has 0 unspecified atom stereocenters. The van der Waals surface area contributed by atoms with Gasteiger partial charge in [-0.25, -0.2) is 0 Å². The van der Waals surface area contributed by atoms with E-state index in [4.69, 9.17) is 4.42 Å². The van der Waals surface area contributed by atoms with Gasteiger partial charge >= 0.3 is 6.01 Å². The SMILES string of the molecule is Cc1nnc(N2C[C@H]3C[C@H](O)[C@@H](NC(=O)CCC4CCCCC4)C[C@H]3C2)o1. The molecule has 2 N–H and O–H groups in total. The molecule has 2 heterocycles. The maximum atomic E-state index is 12.4. The first-order chi connectivity index (χ1) is 13.1. The van der Waals surface area contributed by atoms with Gasteiger partial charge in [0.2, 0.25) is 11.8 Å². The average molecular weight is 377 g/mol. The number of carbonyl (C=O) groups is 1. The highest BCUT2D eigenvalue weighted by Crippen LogP contribution is 2.38. The number of anilines is 1. The molecule has 1 saturated heterocycles. The zero-order valence-electron chi connectivity index (χ0n) is 16.3. The summed E-state index contributed by atoms with van der Waals surface area (Å²) in [5.74, 6) is 2.26. The summed E-state index contributed by atoms with van der Waals surface area (Å²) >= 11 is 0. The number of aliphatic hydroxyl groups excluding tert-OH is 1. The molecular formula is C20H32N4O3.